The van der Waals surface area contributed by atoms with Crippen molar-refractivity contribution >= 4 is 29.2 Å². The van der Waals surface area contributed by atoms with E-state index in [4.69, 9.17) is 21.1 Å². The summed E-state index contributed by atoms with van der Waals surface area (Å²) in [6.45, 7) is 1.90. The van der Waals surface area contributed by atoms with Gasteiger partial charge in [-0.25, -0.2) is 0 Å². The first-order valence-electron chi connectivity index (χ1n) is 9.06. The Hall–Kier alpha value is -3.37. The van der Waals surface area contributed by atoms with E-state index in [1.54, 1.807) is 54.6 Å². The molecular weight excluding hydrogens is 388 g/mol. The van der Waals surface area contributed by atoms with Crippen LogP contribution in [0.25, 0.3) is 6.08 Å². The first kappa shape index (κ1) is 19.0. The molecule has 0 aliphatic carbocycles. The van der Waals surface area contributed by atoms with E-state index in [2.05, 4.69) is 0 Å². The molecule has 0 fully saturated rings. The predicted octanol–water partition coefficient (Wildman–Crippen LogP) is 5.53. The fourth-order valence-electron chi connectivity index (χ4n) is 2.98. The number of ether oxygens (including phenoxy) is 2. The van der Waals surface area contributed by atoms with Crippen LogP contribution in [0.15, 0.2) is 72.5 Å². The molecule has 1 heterocycles. The second-order valence-electron chi connectivity index (χ2n) is 6.73. The fraction of sp³-hybridized carbons (Fsp3) is 0.0833. The number of fused-ring (bicyclic) bond motifs is 1. The summed E-state index contributed by atoms with van der Waals surface area (Å²) in [7, 11) is 0. The zero-order chi connectivity index (χ0) is 20.4. The van der Waals surface area contributed by atoms with E-state index in [0.29, 0.717) is 27.6 Å². The second-order valence-corrected chi connectivity index (χ2v) is 7.17. The number of carbonyl (C=O) groups is 2. The van der Waals surface area contributed by atoms with Gasteiger partial charge in [0.05, 0.1) is 5.56 Å². The van der Waals surface area contributed by atoms with E-state index in [0.717, 1.165) is 11.1 Å². The van der Waals surface area contributed by atoms with Crippen molar-refractivity contribution in [2.45, 2.75) is 6.92 Å². The topological polar surface area (TPSA) is 52.6 Å². The number of aryl methyl sites for hydroxylation is 1. The Bertz CT molecular complexity index is 1130. The van der Waals surface area contributed by atoms with Crippen molar-refractivity contribution in [2.75, 3.05) is 6.61 Å². The summed E-state index contributed by atoms with van der Waals surface area (Å²) in [5.74, 6) is 0.918. The van der Waals surface area contributed by atoms with Crippen LogP contribution in [0.4, 0.5) is 0 Å². The minimum Gasteiger partial charge on any atom is -0.485 e. The zero-order valence-electron chi connectivity index (χ0n) is 15.6. The van der Waals surface area contributed by atoms with Crippen molar-refractivity contribution in [1.82, 2.24) is 0 Å². The third-order valence-electron chi connectivity index (χ3n) is 4.53. The Morgan fingerprint density at radius 3 is 2.66 bits per heavy atom. The highest BCUT2D eigenvalue weighted by Crippen LogP contribution is 2.33. The fourth-order valence-corrected chi connectivity index (χ4v) is 3.15. The number of Topliss-reactive ketones (excluding diaryl/α,β-unsaturated/α-hetero) is 2. The second kappa shape index (κ2) is 7.94. The van der Waals surface area contributed by atoms with Gasteiger partial charge in [0.25, 0.3) is 0 Å². The minimum atomic E-state index is -0.219. The van der Waals surface area contributed by atoms with Crippen LogP contribution in [-0.2, 0) is 0 Å². The minimum absolute atomic E-state index is 0.0670. The van der Waals surface area contributed by atoms with E-state index in [1.165, 1.54) is 0 Å². The molecule has 1 aliphatic rings. The first-order valence-corrected chi connectivity index (χ1v) is 9.44. The monoisotopic (exact) mass is 404 g/mol. The maximum absolute atomic E-state index is 12.5. The lowest BCUT2D eigenvalue weighted by molar-refractivity contribution is 0.0921. The molecule has 0 amide bonds. The molecule has 29 heavy (non-hydrogen) atoms. The molecule has 0 saturated heterocycles. The van der Waals surface area contributed by atoms with Gasteiger partial charge in [0.1, 0.15) is 11.5 Å². The molecule has 0 aromatic heterocycles. The van der Waals surface area contributed by atoms with Crippen LogP contribution in [0.2, 0.25) is 5.02 Å². The van der Waals surface area contributed by atoms with Crippen molar-refractivity contribution < 1.29 is 19.1 Å². The average Bonchev–Trinajstić information content (AvgIpc) is 3.02. The normalized spacial score (nSPS) is 13.9. The first-order chi connectivity index (χ1) is 14.0. The summed E-state index contributed by atoms with van der Waals surface area (Å²) in [4.78, 5) is 24.8. The molecule has 0 unspecified atom stereocenters. The van der Waals surface area contributed by atoms with E-state index in [-0.39, 0.29) is 23.9 Å². The Labute approximate surface area is 173 Å². The molecule has 0 N–H and O–H groups in total. The van der Waals surface area contributed by atoms with Gasteiger partial charge < -0.3 is 9.47 Å². The van der Waals surface area contributed by atoms with Gasteiger partial charge in [0.15, 0.2) is 18.1 Å². The van der Waals surface area contributed by atoms with Crippen molar-refractivity contribution in [1.29, 1.82) is 0 Å². The highest BCUT2D eigenvalue weighted by atomic mass is 35.5. The standard InChI is InChI=1S/C24H17ClO4/c1-15-5-7-17(8-6-15)21(26)14-28-19-4-2-3-16(11-19)12-23-24(27)20-13-18(25)9-10-22(20)29-23/h2-13H,14H2,1H3/b23-12-. The van der Waals surface area contributed by atoms with Gasteiger partial charge in [-0.1, -0.05) is 53.6 Å². The van der Waals surface area contributed by atoms with E-state index < -0.39 is 0 Å². The Morgan fingerprint density at radius 2 is 1.86 bits per heavy atom. The summed E-state index contributed by atoms with van der Waals surface area (Å²) in [5.41, 5.74) is 2.87. The van der Waals surface area contributed by atoms with Crippen LogP contribution in [0.3, 0.4) is 0 Å². The maximum atomic E-state index is 12.5. The van der Waals surface area contributed by atoms with E-state index >= 15 is 0 Å². The Balaban J connectivity index is 1.47. The van der Waals surface area contributed by atoms with Crippen LogP contribution in [0.5, 0.6) is 11.5 Å². The lowest BCUT2D eigenvalue weighted by atomic mass is 10.1. The largest absolute Gasteiger partial charge is 0.485 e. The van der Waals surface area contributed by atoms with Gasteiger partial charge in [0.2, 0.25) is 5.78 Å². The van der Waals surface area contributed by atoms with Crippen LogP contribution >= 0.6 is 11.6 Å². The molecule has 0 atom stereocenters. The summed E-state index contributed by atoms with van der Waals surface area (Å²) >= 11 is 5.96. The highest BCUT2D eigenvalue weighted by molar-refractivity contribution is 6.31. The number of carbonyl (C=O) groups excluding carboxylic acids is 2. The Morgan fingerprint density at radius 1 is 1.07 bits per heavy atom. The summed E-state index contributed by atoms with van der Waals surface area (Å²) in [5, 5.41) is 0.482. The molecule has 0 radical (unpaired) electrons. The van der Waals surface area contributed by atoms with Crippen molar-refractivity contribution in [3.8, 4) is 11.5 Å². The van der Waals surface area contributed by atoms with Gasteiger partial charge in [-0.05, 0) is 48.9 Å². The third-order valence-corrected chi connectivity index (χ3v) is 4.76. The molecule has 4 rings (SSSR count). The lowest BCUT2D eigenvalue weighted by Gasteiger charge is -2.07. The smallest absolute Gasteiger partial charge is 0.232 e. The van der Waals surface area contributed by atoms with Crippen LogP contribution < -0.4 is 9.47 Å². The molecule has 3 aromatic carbocycles. The highest BCUT2D eigenvalue weighted by Gasteiger charge is 2.27. The van der Waals surface area contributed by atoms with Crippen LogP contribution in [0.1, 0.15) is 31.8 Å². The molecule has 0 spiro atoms. The molecule has 3 aromatic rings. The molecule has 144 valence electrons. The molecule has 0 bridgehead atoms. The molecule has 4 nitrogen and oxygen atoms in total. The van der Waals surface area contributed by atoms with Gasteiger partial charge in [-0.15, -0.1) is 0 Å². The summed E-state index contributed by atoms with van der Waals surface area (Å²) in [6, 6.07) is 19.4. The number of hydrogen-bond acceptors (Lipinski definition) is 4. The molecule has 0 saturated carbocycles. The number of allylic oxidation sites excluding steroid dienone is 1. The quantitative estimate of drug-likeness (QED) is 0.414. The molecule has 5 heteroatoms. The number of halogens is 1. The number of benzene rings is 3. The van der Waals surface area contributed by atoms with Crippen molar-refractivity contribution in [3.05, 3.63) is 99.8 Å². The Kier molecular flexibility index (Phi) is 5.19. The number of hydrogen-bond donors (Lipinski definition) is 0. The summed E-state index contributed by atoms with van der Waals surface area (Å²) in [6.07, 6.45) is 1.64. The number of ketones is 2. The van der Waals surface area contributed by atoms with Crippen molar-refractivity contribution in [3.63, 3.8) is 0 Å². The SMILES string of the molecule is Cc1ccc(C(=O)COc2cccc(/C=C3\Oc4ccc(Cl)cc4C3=O)c2)cc1. The molecular formula is C24H17ClO4. The summed E-state index contributed by atoms with van der Waals surface area (Å²) < 4.78 is 11.3. The van der Waals surface area contributed by atoms with Gasteiger partial charge in [-0.2, -0.15) is 0 Å². The van der Waals surface area contributed by atoms with Crippen LogP contribution in [-0.4, -0.2) is 18.2 Å². The van der Waals surface area contributed by atoms with Gasteiger partial charge in [-0.3, -0.25) is 9.59 Å². The van der Waals surface area contributed by atoms with E-state index in [1.807, 2.05) is 25.1 Å². The lowest BCUT2D eigenvalue weighted by Crippen LogP contribution is -2.11. The average molecular weight is 405 g/mol. The van der Waals surface area contributed by atoms with Gasteiger partial charge >= 0.3 is 0 Å². The molecule has 1 aliphatic heterocycles. The number of rotatable bonds is 5. The third kappa shape index (κ3) is 4.23. The van der Waals surface area contributed by atoms with Crippen molar-refractivity contribution in [2.24, 2.45) is 0 Å². The maximum Gasteiger partial charge on any atom is 0.232 e. The van der Waals surface area contributed by atoms with Crippen LogP contribution in [0, 0.1) is 6.92 Å². The van der Waals surface area contributed by atoms with E-state index in [9.17, 15) is 9.59 Å². The zero-order valence-corrected chi connectivity index (χ0v) is 16.4. The predicted molar refractivity (Wildman–Crippen MR) is 112 cm³/mol. The van der Waals surface area contributed by atoms with Gasteiger partial charge in [0, 0.05) is 10.6 Å².